The molecule has 184 valence electrons. The van der Waals surface area contributed by atoms with Gasteiger partial charge >= 0.3 is 0 Å². The van der Waals surface area contributed by atoms with Crippen LogP contribution in [0.3, 0.4) is 0 Å². The molecule has 35 heavy (non-hydrogen) atoms. The van der Waals surface area contributed by atoms with Gasteiger partial charge in [-0.2, -0.15) is 0 Å². The zero-order valence-electron chi connectivity index (χ0n) is 20.0. The van der Waals surface area contributed by atoms with Crippen molar-refractivity contribution in [1.29, 1.82) is 0 Å². The predicted molar refractivity (Wildman–Crippen MR) is 129 cm³/mol. The monoisotopic (exact) mass is 479 g/mol. The molecule has 2 aliphatic heterocycles. The van der Waals surface area contributed by atoms with Gasteiger partial charge in [-0.25, -0.2) is 0 Å². The number of aromatic amines is 1. The molecule has 0 saturated carbocycles. The van der Waals surface area contributed by atoms with Crippen LogP contribution in [0.4, 0.5) is 0 Å². The van der Waals surface area contributed by atoms with E-state index in [-0.39, 0.29) is 25.0 Å². The second-order valence-electron chi connectivity index (χ2n) is 8.78. The maximum absolute atomic E-state index is 13.6. The molecule has 2 atom stereocenters. The Bertz CT molecular complexity index is 1260. The number of nitrogens with one attached hydrogen (secondary N) is 1. The van der Waals surface area contributed by atoms with Crippen molar-refractivity contribution in [1.82, 2.24) is 14.8 Å². The van der Waals surface area contributed by atoms with Crippen LogP contribution in [-0.2, 0) is 16.0 Å². The molecule has 3 aromatic rings. The normalized spacial score (nSPS) is 19.5. The molecule has 1 fully saturated rings. The van der Waals surface area contributed by atoms with Crippen LogP contribution in [0.5, 0.6) is 17.2 Å². The van der Waals surface area contributed by atoms with E-state index in [0.717, 1.165) is 27.7 Å². The van der Waals surface area contributed by atoms with Crippen LogP contribution in [0.2, 0.25) is 0 Å². The van der Waals surface area contributed by atoms with Crippen LogP contribution in [0.1, 0.15) is 29.3 Å². The third-order valence-corrected chi connectivity index (χ3v) is 6.93. The summed E-state index contributed by atoms with van der Waals surface area (Å²) in [6, 6.07) is 10.4. The lowest BCUT2D eigenvalue weighted by molar-refractivity contribution is -0.158. The zero-order chi connectivity index (χ0) is 24.7. The topological polar surface area (TPSA) is 104 Å². The van der Waals surface area contributed by atoms with Gasteiger partial charge in [0.2, 0.25) is 17.6 Å². The molecule has 0 aliphatic carbocycles. The summed E-state index contributed by atoms with van der Waals surface area (Å²) < 4.78 is 16.7. The van der Waals surface area contributed by atoms with Crippen molar-refractivity contribution < 1.29 is 28.9 Å². The first-order valence-electron chi connectivity index (χ1n) is 11.6. The van der Waals surface area contributed by atoms with E-state index in [1.165, 1.54) is 0 Å². The number of carbonyl (C=O) groups is 2. The molecule has 2 N–H and O–H groups in total. The number of aliphatic hydroxyl groups excluding tert-OH is 1. The maximum Gasteiger partial charge on any atom is 0.246 e. The molecule has 2 amide bonds. The Labute approximate surface area is 203 Å². The van der Waals surface area contributed by atoms with Crippen LogP contribution in [0, 0.1) is 0 Å². The molecule has 3 heterocycles. The van der Waals surface area contributed by atoms with E-state index in [1.54, 1.807) is 31.1 Å². The molecule has 0 spiro atoms. The van der Waals surface area contributed by atoms with E-state index in [9.17, 15) is 14.7 Å². The van der Waals surface area contributed by atoms with E-state index in [0.29, 0.717) is 36.6 Å². The van der Waals surface area contributed by atoms with Gasteiger partial charge in [-0.05, 0) is 35.7 Å². The Morgan fingerprint density at radius 2 is 1.77 bits per heavy atom. The molecule has 1 unspecified atom stereocenters. The first kappa shape index (κ1) is 23.0. The number of fused-ring (bicyclic) bond motifs is 4. The Kier molecular flexibility index (Phi) is 6.02. The lowest BCUT2D eigenvalue weighted by Crippen LogP contribution is -2.63. The SMILES string of the molecule is COc1cc(C2c3[nH]c4ccccc4c3C[C@H]3C(=O)N(CCCO)CC(=O)N23)cc(OC)c1OC. The minimum absolute atomic E-state index is 0.0220. The molecule has 9 nitrogen and oxygen atoms in total. The zero-order valence-corrected chi connectivity index (χ0v) is 20.0. The summed E-state index contributed by atoms with van der Waals surface area (Å²) in [7, 11) is 4.64. The fourth-order valence-corrected chi connectivity index (χ4v) is 5.38. The molecular weight excluding hydrogens is 450 g/mol. The average Bonchev–Trinajstić information content (AvgIpc) is 3.26. The fraction of sp³-hybridized carbons (Fsp3) is 0.385. The number of nitrogens with zero attached hydrogens (tertiary/aromatic N) is 2. The number of aliphatic hydroxyl groups is 1. The molecule has 5 rings (SSSR count). The van der Waals surface area contributed by atoms with Gasteiger partial charge in [0.15, 0.2) is 11.5 Å². The van der Waals surface area contributed by atoms with Gasteiger partial charge in [-0.3, -0.25) is 9.59 Å². The largest absolute Gasteiger partial charge is 0.493 e. The maximum atomic E-state index is 13.6. The number of methoxy groups -OCH3 is 3. The highest BCUT2D eigenvalue weighted by molar-refractivity contribution is 5.97. The van der Waals surface area contributed by atoms with Gasteiger partial charge in [0.1, 0.15) is 6.04 Å². The number of ether oxygens (including phenoxy) is 3. The van der Waals surface area contributed by atoms with Gasteiger partial charge in [-0.15, -0.1) is 0 Å². The number of hydrogen-bond acceptors (Lipinski definition) is 6. The van der Waals surface area contributed by atoms with Gasteiger partial charge < -0.3 is 34.1 Å². The van der Waals surface area contributed by atoms with Crippen LogP contribution in [0.25, 0.3) is 10.9 Å². The number of aromatic nitrogens is 1. The smallest absolute Gasteiger partial charge is 0.246 e. The highest BCUT2D eigenvalue weighted by atomic mass is 16.5. The highest BCUT2D eigenvalue weighted by Crippen LogP contribution is 2.46. The van der Waals surface area contributed by atoms with Crippen LogP contribution < -0.4 is 14.2 Å². The van der Waals surface area contributed by atoms with Gasteiger partial charge in [0.05, 0.1) is 33.9 Å². The van der Waals surface area contributed by atoms with Crippen molar-refractivity contribution in [2.24, 2.45) is 0 Å². The number of hydrogen-bond donors (Lipinski definition) is 2. The summed E-state index contributed by atoms with van der Waals surface area (Å²) in [4.78, 5) is 33.9. The molecule has 2 aromatic carbocycles. The van der Waals surface area contributed by atoms with Crippen LogP contribution >= 0.6 is 0 Å². The number of H-pyrrole nitrogens is 1. The molecular formula is C26H29N3O6. The lowest BCUT2D eigenvalue weighted by atomic mass is 9.86. The quantitative estimate of drug-likeness (QED) is 0.539. The number of rotatable bonds is 7. The third kappa shape index (κ3) is 3.67. The van der Waals surface area contributed by atoms with E-state index >= 15 is 0 Å². The molecule has 0 bridgehead atoms. The Morgan fingerprint density at radius 1 is 1.06 bits per heavy atom. The van der Waals surface area contributed by atoms with Gasteiger partial charge in [0.25, 0.3) is 0 Å². The summed E-state index contributed by atoms with van der Waals surface area (Å²) in [5.41, 5.74) is 3.60. The second-order valence-corrected chi connectivity index (χ2v) is 8.78. The molecule has 1 aromatic heterocycles. The summed E-state index contributed by atoms with van der Waals surface area (Å²) in [5.74, 6) is 1.16. The van der Waals surface area contributed by atoms with Crippen molar-refractivity contribution in [3.05, 3.63) is 53.2 Å². The second kappa shape index (κ2) is 9.14. The summed E-state index contributed by atoms with van der Waals surface area (Å²) in [5, 5.41) is 10.3. The van der Waals surface area contributed by atoms with Crippen molar-refractivity contribution in [3.63, 3.8) is 0 Å². The molecule has 1 saturated heterocycles. The van der Waals surface area contributed by atoms with E-state index in [1.807, 2.05) is 36.4 Å². The van der Waals surface area contributed by atoms with Crippen molar-refractivity contribution in [2.75, 3.05) is 41.0 Å². The first-order chi connectivity index (χ1) is 17.0. The molecule has 0 radical (unpaired) electrons. The summed E-state index contributed by atoms with van der Waals surface area (Å²) in [6.45, 7) is 0.292. The average molecular weight is 480 g/mol. The van der Waals surface area contributed by atoms with Gasteiger partial charge in [0, 0.05) is 36.2 Å². The van der Waals surface area contributed by atoms with Gasteiger partial charge in [-0.1, -0.05) is 18.2 Å². The van der Waals surface area contributed by atoms with Crippen molar-refractivity contribution >= 4 is 22.7 Å². The summed E-state index contributed by atoms with van der Waals surface area (Å²) in [6.07, 6.45) is 0.848. The van der Waals surface area contributed by atoms with E-state index in [2.05, 4.69) is 4.98 Å². The van der Waals surface area contributed by atoms with E-state index < -0.39 is 12.1 Å². The third-order valence-electron chi connectivity index (χ3n) is 6.93. The Hall–Kier alpha value is -3.72. The summed E-state index contributed by atoms with van der Waals surface area (Å²) >= 11 is 0. The number of benzene rings is 2. The first-order valence-corrected chi connectivity index (χ1v) is 11.6. The number of amides is 2. The van der Waals surface area contributed by atoms with Crippen molar-refractivity contribution in [3.8, 4) is 17.2 Å². The number of para-hydroxylation sites is 1. The Balaban J connectivity index is 1.71. The lowest BCUT2D eigenvalue weighted by Gasteiger charge is -2.47. The Morgan fingerprint density at radius 3 is 2.43 bits per heavy atom. The van der Waals surface area contributed by atoms with Crippen LogP contribution in [0.15, 0.2) is 36.4 Å². The number of carbonyl (C=O) groups excluding carboxylic acids is 2. The number of piperazine rings is 1. The minimum Gasteiger partial charge on any atom is -0.493 e. The highest BCUT2D eigenvalue weighted by Gasteiger charge is 2.48. The molecule has 9 heteroatoms. The molecule has 2 aliphatic rings. The standard InChI is InChI=1S/C26H29N3O6/c1-33-20-11-15(12-21(34-2)25(20)35-3)24-23-17(16-7-4-5-8-18(16)27-23)13-19-26(32)28(9-6-10-30)14-22(31)29(19)24/h4-5,7-8,11-12,19,24,27,30H,6,9-10,13-14H2,1-3H3/t19-,24?/m0/s1. The minimum atomic E-state index is -0.647. The predicted octanol–water partition coefficient (Wildman–Crippen LogP) is 2.26. The van der Waals surface area contributed by atoms with Crippen LogP contribution in [-0.4, -0.2) is 78.8 Å². The van der Waals surface area contributed by atoms with E-state index in [4.69, 9.17) is 14.2 Å². The fourth-order valence-electron chi connectivity index (χ4n) is 5.38. The van der Waals surface area contributed by atoms with Crippen molar-refractivity contribution in [2.45, 2.75) is 24.9 Å².